The van der Waals surface area contributed by atoms with Crippen LogP contribution in [0.3, 0.4) is 0 Å². The van der Waals surface area contributed by atoms with Crippen molar-refractivity contribution >= 4 is 11.5 Å². The van der Waals surface area contributed by atoms with E-state index in [2.05, 4.69) is 15.5 Å². The molecule has 1 unspecified atom stereocenters. The van der Waals surface area contributed by atoms with Gasteiger partial charge in [0.25, 0.3) is 11.4 Å². The van der Waals surface area contributed by atoms with Gasteiger partial charge in [-0.2, -0.15) is 5.10 Å². The van der Waals surface area contributed by atoms with Crippen LogP contribution in [0.15, 0.2) is 41.9 Å². The summed E-state index contributed by atoms with van der Waals surface area (Å²) in [7, 11) is 0. The number of aromatic amines is 1. The molecular weight excluding hydrogens is 314 g/mol. The summed E-state index contributed by atoms with van der Waals surface area (Å²) in [4.78, 5) is 22.1. The highest BCUT2D eigenvalue weighted by Crippen LogP contribution is 2.44. The molecule has 2 aromatic rings. The predicted molar refractivity (Wildman–Crippen MR) is 86.1 cm³/mol. The van der Waals surface area contributed by atoms with E-state index in [1.807, 2.05) is 6.92 Å². The Balaban J connectivity index is 2.27. The zero-order chi connectivity index (χ0) is 17.3. The van der Waals surface area contributed by atoms with Crippen molar-refractivity contribution in [3.63, 3.8) is 0 Å². The standard InChI is InChI=1S/C15H15N5O4/c1-2-5-11-14(20(23)24)13(10-8-16-18-15(10)17-11)9-6-3-4-7-12(9)19(21)22/h3-4,6-8,13H,2,5H2,1H3,(H2,16,17,18). The molecule has 0 saturated heterocycles. The van der Waals surface area contributed by atoms with Crippen molar-refractivity contribution in [3.05, 3.63) is 73.2 Å². The number of rotatable bonds is 5. The Morgan fingerprint density at radius 3 is 2.58 bits per heavy atom. The van der Waals surface area contributed by atoms with E-state index in [0.717, 1.165) is 0 Å². The maximum absolute atomic E-state index is 11.7. The van der Waals surface area contributed by atoms with Crippen molar-refractivity contribution in [2.24, 2.45) is 0 Å². The van der Waals surface area contributed by atoms with Gasteiger partial charge in [0.1, 0.15) is 5.92 Å². The normalized spacial score (nSPS) is 16.5. The quantitative estimate of drug-likeness (QED) is 0.640. The van der Waals surface area contributed by atoms with Crippen molar-refractivity contribution in [1.82, 2.24) is 10.2 Å². The molecule has 9 heteroatoms. The highest BCUT2D eigenvalue weighted by atomic mass is 16.6. The average Bonchev–Trinajstić information content (AvgIpc) is 3.01. The predicted octanol–water partition coefficient (Wildman–Crippen LogP) is 3.16. The Labute approximate surface area is 136 Å². The monoisotopic (exact) mass is 329 g/mol. The molecule has 0 radical (unpaired) electrons. The van der Waals surface area contributed by atoms with Crippen LogP contribution in [0, 0.1) is 20.2 Å². The van der Waals surface area contributed by atoms with E-state index in [4.69, 9.17) is 0 Å². The maximum atomic E-state index is 11.7. The third kappa shape index (κ3) is 2.49. The third-order valence-electron chi connectivity index (χ3n) is 3.97. The smallest absolute Gasteiger partial charge is 0.277 e. The van der Waals surface area contributed by atoms with E-state index >= 15 is 0 Å². The summed E-state index contributed by atoms with van der Waals surface area (Å²) in [5, 5.41) is 32.9. The van der Waals surface area contributed by atoms with Gasteiger partial charge in [0, 0.05) is 23.4 Å². The number of aromatic nitrogens is 2. The zero-order valence-electron chi connectivity index (χ0n) is 12.9. The number of fused-ring (bicyclic) bond motifs is 1. The number of hydrogen-bond acceptors (Lipinski definition) is 6. The highest BCUT2D eigenvalue weighted by Gasteiger charge is 2.41. The molecule has 1 atom stereocenters. The van der Waals surface area contributed by atoms with Crippen molar-refractivity contribution < 1.29 is 9.85 Å². The number of nitrogens with one attached hydrogen (secondary N) is 2. The first kappa shape index (κ1) is 15.7. The van der Waals surface area contributed by atoms with E-state index in [1.54, 1.807) is 18.2 Å². The van der Waals surface area contributed by atoms with E-state index < -0.39 is 15.8 Å². The fourth-order valence-electron chi connectivity index (χ4n) is 3.02. The average molecular weight is 329 g/mol. The first-order chi connectivity index (χ1) is 11.5. The summed E-state index contributed by atoms with van der Waals surface area (Å²) >= 11 is 0. The summed E-state index contributed by atoms with van der Waals surface area (Å²) < 4.78 is 0. The lowest BCUT2D eigenvalue weighted by atomic mass is 9.85. The highest BCUT2D eigenvalue weighted by molar-refractivity contribution is 5.62. The Morgan fingerprint density at radius 2 is 1.92 bits per heavy atom. The van der Waals surface area contributed by atoms with Gasteiger partial charge in [-0.25, -0.2) is 0 Å². The van der Waals surface area contributed by atoms with E-state index in [-0.39, 0.29) is 16.9 Å². The molecule has 0 amide bonds. The molecule has 1 aliphatic rings. The second-order valence-corrected chi connectivity index (χ2v) is 5.43. The first-order valence-corrected chi connectivity index (χ1v) is 7.46. The molecule has 1 aromatic carbocycles. The van der Waals surface area contributed by atoms with Crippen LogP contribution >= 0.6 is 0 Å². The lowest BCUT2D eigenvalue weighted by Gasteiger charge is -2.23. The van der Waals surface area contributed by atoms with Gasteiger partial charge in [0.05, 0.1) is 15.5 Å². The largest absolute Gasteiger partial charge is 0.337 e. The molecule has 2 N–H and O–H groups in total. The molecule has 2 heterocycles. The second kappa shape index (κ2) is 6.11. The number of nitrogens with zero attached hydrogens (tertiary/aromatic N) is 3. The number of nitro benzene ring substituents is 1. The first-order valence-electron chi connectivity index (χ1n) is 7.46. The Kier molecular flexibility index (Phi) is 3.98. The lowest BCUT2D eigenvalue weighted by molar-refractivity contribution is -0.431. The molecular formula is C15H15N5O4. The van der Waals surface area contributed by atoms with Crippen LogP contribution in [-0.4, -0.2) is 20.0 Å². The maximum Gasteiger partial charge on any atom is 0.277 e. The number of hydrogen-bond donors (Lipinski definition) is 2. The minimum absolute atomic E-state index is 0.0694. The Bertz CT molecular complexity index is 842. The molecule has 124 valence electrons. The van der Waals surface area contributed by atoms with Crippen molar-refractivity contribution in [1.29, 1.82) is 0 Å². The zero-order valence-corrected chi connectivity index (χ0v) is 12.9. The van der Waals surface area contributed by atoms with Crippen LogP contribution in [0.25, 0.3) is 0 Å². The summed E-state index contributed by atoms with van der Waals surface area (Å²) in [5.41, 5.74) is 1.03. The number of para-hydroxylation sites is 1. The van der Waals surface area contributed by atoms with Crippen LogP contribution in [0.5, 0.6) is 0 Å². The molecule has 9 nitrogen and oxygen atoms in total. The SMILES string of the molecule is CCCC1=C([N+](=O)[O-])C(c2ccccc2[N+](=O)[O-])c2c[nH]nc2N1. The lowest BCUT2D eigenvalue weighted by Crippen LogP contribution is -2.23. The van der Waals surface area contributed by atoms with Gasteiger partial charge in [0.2, 0.25) is 0 Å². The molecule has 0 fully saturated rings. The molecule has 1 aromatic heterocycles. The Hall–Kier alpha value is -3.23. The molecule has 0 bridgehead atoms. The van der Waals surface area contributed by atoms with Gasteiger partial charge in [-0.1, -0.05) is 31.5 Å². The minimum Gasteiger partial charge on any atom is -0.337 e. The van der Waals surface area contributed by atoms with Gasteiger partial charge in [-0.05, 0) is 6.42 Å². The third-order valence-corrected chi connectivity index (χ3v) is 3.97. The van der Waals surface area contributed by atoms with Crippen LogP contribution in [0.2, 0.25) is 0 Å². The molecule has 0 aliphatic carbocycles. The molecule has 0 spiro atoms. The van der Waals surface area contributed by atoms with Gasteiger partial charge in [0.15, 0.2) is 5.82 Å². The van der Waals surface area contributed by atoms with Gasteiger partial charge < -0.3 is 5.32 Å². The summed E-state index contributed by atoms with van der Waals surface area (Å²) in [6.45, 7) is 1.91. The van der Waals surface area contributed by atoms with Gasteiger partial charge >= 0.3 is 0 Å². The number of benzene rings is 1. The fourth-order valence-corrected chi connectivity index (χ4v) is 3.02. The van der Waals surface area contributed by atoms with Gasteiger partial charge in [-0.15, -0.1) is 0 Å². The molecule has 1 aliphatic heterocycles. The van der Waals surface area contributed by atoms with E-state index in [1.165, 1.54) is 12.3 Å². The Morgan fingerprint density at radius 1 is 1.17 bits per heavy atom. The molecule has 24 heavy (non-hydrogen) atoms. The number of anilines is 1. The van der Waals surface area contributed by atoms with Crippen molar-refractivity contribution in [2.75, 3.05) is 5.32 Å². The summed E-state index contributed by atoms with van der Waals surface area (Å²) in [5.74, 6) is -0.384. The summed E-state index contributed by atoms with van der Waals surface area (Å²) in [6, 6.07) is 6.09. The van der Waals surface area contributed by atoms with Gasteiger partial charge in [-0.3, -0.25) is 25.3 Å². The molecule has 0 saturated carbocycles. The van der Waals surface area contributed by atoms with Crippen LogP contribution in [-0.2, 0) is 0 Å². The molecule has 3 rings (SSSR count). The van der Waals surface area contributed by atoms with Crippen LogP contribution in [0.1, 0.15) is 36.8 Å². The van der Waals surface area contributed by atoms with E-state index in [9.17, 15) is 20.2 Å². The topological polar surface area (TPSA) is 127 Å². The minimum atomic E-state index is -0.849. The number of allylic oxidation sites excluding steroid dienone is 2. The van der Waals surface area contributed by atoms with E-state index in [0.29, 0.717) is 29.9 Å². The fraction of sp³-hybridized carbons (Fsp3) is 0.267. The summed E-state index contributed by atoms with van der Waals surface area (Å²) in [6.07, 6.45) is 2.69. The van der Waals surface area contributed by atoms with Crippen molar-refractivity contribution in [2.45, 2.75) is 25.7 Å². The second-order valence-electron chi connectivity index (χ2n) is 5.43. The number of H-pyrrole nitrogens is 1. The number of nitro groups is 2. The van der Waals surface area contributed by atoms with Crippen molar-refractivity contribution in [3.8, 4) is 0 Å². The van der Waals surface area contributed by atoms with Crippen LogP contribution < -0.4 is 5.32 Å². The van der Waals surface area contributed by atoms with Crippen LogP contribution in [0.4, 0.5) is 11.5 Å².